The maximum atomic E-state index is 12.5. The highest BCUT2D eigenvalue weighted by atomic mass is 16.4. The summed E-state index contributed by atoms with van der Waals surface area (Å²) in [5.41, 5.74) is 4.97. The van der Waals surface area contributed by atoms with Crippen molar-refractivity contribution < 1.29 is 10.0 Å². The number of nitrogens with one attached hydrogen (secondary N) is 1. The van der Waals surface area contributed by atoms with Crippen molar-refractivity contribution in [3.63, 3.8) is 0 Å². The van der Waals surface area contributed by atoms with E-state index in [4.69, 9.17) is 10.9 Å². The first-order valence-corrected chi connectivity index (χ1v) is 7.19. The van der Waals surface area contributed by atoms with Gasteiger partial charge in [-0.15, -0.1) is 0 Å². The molecule has 0 saturated heterocycles. The predicted molar refractivity (Wildman–Crippen MR) is 73.7 cm³/mol. The molecule has 4 N–H and O–H groups in total. The fraction of sp³-hybridized carbons (Fsp3) is 0.857. The Bertz CT molecular complexity index is 388. The van der Waals surface area contributed by atoms with Gasteiger partial charge in [0.15, 0.2) is 5.84 Å². The summed E-state index contributed by atoms with van der Waals surface area (Å²) in [4.78, 5) is 12.5. The van der Waals surface area contributed by atoms with Gasteiger partial charge in [-0.3, -0.25) is 4.79 Å². The van der Waals surface area contributed by atoms with Crippen LogP contribution in [0, 0.1) is 23.2 Å². The number of rotatable bonds is 3. The van der Waals surface area contributed by atoms with E-state index in [9.17, 15) is 4.79 Å². The molecular formula is C14H25N3O2. The van der Waals surface area contributed by atoms with Crippen LogP contribution in [0.3, 0.4) is 0 Å². The fourth-order valence-corrected chi connectivity index (χ4v) is 3.61. The highest BCUT2D eigenvalue weighted by Crippen LogP contribution is 2.46. The Hall–Kier alpha value is -1.26. The van der Waals surface area contributed by atoms with Crippen molar-refractivity contribution >= 4 is 11.7 Å². The zero-order valence-electron chi connectivity index (χ0n) is 12.0. The van der Waals surface area contributed by atoms with Gasteiger partial charge in [0.25, 0.3) is 0 Å². The Morgan fingerprint density at radius 1 is 1.32 bits per heavy atom. The third-order valence-electron chi connectivity index (χ3n) is 5.21. The molecule has 5 nitrogen and oxygen atoms in total. The molecule has 0 bridgehead atoms. The summed E-state index contributed by atoms with van der Waals surface area (Å²) in [7, 11) is 0. The second-order valence-corrected chi connectivity index (χ2v) is 6.57. The van der Waals surface area contributed by atoms with E-state index >= 15 is 0 Å². The molecular weight excluding hydrogens is 242 g/mol. The molecule has 2 fully saturated rings. The van der Waals surface area contributed by atoms with Crippen molar-refractivity contribution in [1.29, 1.82) is 0 Å². The third-order valence-corrected chi connectivity index (χ3v) is 5.21. The molecule has 2 aliphatic rings. The van der Waals surface area contributed by atoms with Gasteiger partial charge in [0.1, 0.15) is 5.41 Å². The van der Waals surface area contributed by atoms with Crippen LogP contribution in [0.5, 0.6) is 0 Å². The predicted octanol–water partition coefficient (Wildman–Crippen LogP) is 1.70. The largest absolute Gasteiger partial charge is 0.409 e. The van der Waals surface area contributed by atoms with Gasteiger partial charge in [0, 0.05) is 6.04 Å². The smallest absolute Gasteiger partial charge is 0.234 e. The van der Waals surface area contributed by atoms with E-state index in [1.807, 2.05) is 0 Å². The van der Waals surface area contributed by atoms with Crippen molar-refractivity contribution in [3.8, 4) is 0 Å². The fourth-order valence-electron chi connectivity index (χ4n) is 3.61. The minimum absolute atomic E-state index is 0.0572. The van der Waals surface area contributed by atoms with Crippen molar-refractivity contribution in [1.82, 2.24) is 5.32 Å². The minimum Gasteiger partial charge on any atom is -0.409 e. The number of amides is 1. The van der Waals surface area contributed by atoms with Gasteiger partial charge < -0.3 is 16.3 Å². The number of nitrogens with two attached hydrogens (primary N) is 1. The Labute approximate surface area is 114 Å². The maximum Gasteiger partial charge on any atom is 0.234 e. The maximum absolute atomic E-state index is 12.5. The monoisotopic (exact) mass is 267 g/mol. The first kappa shape index (κ1) is 14.2. The van der Waals surface area contributed by atoms with Crippen molar-refractivity contribution in [2.45, 2.75) is 52.5 Å². The molecule has 0 radical (unpaired) electrons. The van der Waals surface area contributed by atoms with E-state index in [1.54, 1.807) is 0 Å². The highest BCUT2D eigenvalue weighted by molar-refractivity contribution is 6.07. The summed E-state index contributed by atoms with van der Waals surface area (Å²) >= 11 is 0. The average molecular weight is 267 g/mol. The van der Waals surface area contributed by atoms with E-state index in [2.05, 4.69) is 31.2 Å². The Kier molecular flexibility index (Phi) is 3.74. The van der Waals surface area contributed by atoms with Crippen LogP contribution in [-0.2, 0) is 4.79 Å². The Balaban J connectivity index is 2.06. The van der Waals surface area contributed by atoms with Gasteiger partial charge >= 0.3 is 0 Å². The van der Waals surface area contributed by atoms with Gasteiger partial charge in [0.2, 0.25) is 5.91 Å². The SMILES string of the molecule is CC1CC(C(=O)NC2CCC(C)C2C)(C(N)=NO)C1. The van der Waals surface area contributed by atoms with Crippen LogP contribution in [0.25, 0.3) is 0 Å². The molecule has 1 amide bonds. The highest BCUT2D eigenvalue weighted by Gasteiger charge is 2.52. The number of amidine groups is 1. The molecule has 0 heterocycles. The Morgan fingerprint density at radius 3 is 2.37 bits per heavy atom. The summed E-state index contributed by atoms with van der Waals surface area (Å²) in [6, 6.07) is 0.224. The van der Waals surface area contributed by atoms with Crippen LogP contribution >= 0.6 is 0 Å². The molecule has 0 spiro atoms. The van der Waals surface area contributed by atoms with Crippen molar-refractivity contribution in [3.05, 3.63) is 0 Å². The Morgan fingerprint density at radius 2 is 1.95 bits per heavy atom. The molecule has 108 valence electrons. The number of oxime groups is 1. The lowest BCUT2D eigenvalue weighted by molar-refractivity contribution is -0.134. The standard InChI is InChI=1S/C14H25N3O2/c1-8-6-14(7-8,12(15)17-19)13(18)16-11-5-4-9(2)10(11)3/h8-11,19H,4-7H2,1-3H3,(H2,15,17)(H,16,18). The number of carbonyl (C=O) groups excluding carboxylic acids is 1. The molecule has 19 heavy (non-hydrogen) atoms. The summed E-state index contributed by atoms with van der Waals surface area (Å²) in [6.45, 7) is 6.49. The van der Waals surface area contributed by atoms with Crippen LogP contribution in [0.2, 0.25) is 0 Å². The second kappa shape index (κ2) is 5.02. The molecule has 2 aliphatic carbocycles. The minimum atomic E-state index is -0.778. The molecule has 3 atom stereocenters. The van der Waals surface area contributed by atoms with Gasteiger partial charge in [0.05, 0.1) is 0 Å². The summed E-state index contributed by atoms with van der Waals surface area (Å²) in [6.07, 6.45) is 3.52. The van der Waals surface area contributed by atoms with Crippen LogP contribution in [0.4, 0.5) is 0 Å². The lowest BCUT2D eigenvalue weighted by Gasteiger charge is -2.44. The lowest BCUT2D eigenvalue weighted by Crippen LogP contribution is -2.58. The van der Waals surface area contributed by atoms with Gasteiger partial charge in [-0.25, -0.2) is 0 Å². The molecule has 0 aromatic heterocycles. The van der Waals surface area contributed by atoms with Crippen molar-refractivity contribution in [2.75, 3.05) is 0 Å². The quantitative estimate of drug-likeness (QED) is 0.315. The van der Waals surface area contributed by atoms with E-state index in [-0.39, 0.29) is 17.8 Å². The van der Waals surface area contributed by atoms with Gasteiger partial charge in [-0.2, -0.15) is 0 Å². The number of hydrogen-bond donors (Lipinski definition) is 3. The molecule has 2 rings (SSSR count). The van der Waals surface area contributed by atoms with Gasteiger partial charge in [-0.1, -0.05) is 25.9 Å². The number of carbonyl (C=O) groups is 1. The first-order chi connectivity index (χ1) is 8.90. The average Bonchev–Trinajstić information content (AvgIpc) is 2.65. The van der Waals surface area contributed by atoms with E-state index in [0.29, 0.717) is 30.6 Å². The zero-order valence-corrected chi connectivity index (χ0v) is 12.0. The molecule has 5 heteroatoms. The van der Waals surface area contributed by atoms with Gasteiger partial charge in [-0.05, 0) is 43.4 Å². The summed E-state index contributed by atoms with van der Waals surface area (Å²) in [5.74, 6) is 1.58. The van der Waals surface area contributed by atoms with Crippen molar-refractivity contribution in [2.24, 2.45) is 34.1 Å². The molecule has 2 saturated carbocycles. The lowest BCUT2D eigenvalue weighted by atomic mass is 9.61. The van der Waals surface area contributed by atoms with Crippen LogP contribution < -0.4 is 11.1 Å². The third kappa shape index (κ3) is 2.30. The zero-order chi connectivity index (χ0) is 14.2. The second-order valence-electron chi connectivity index (χ2n) is 6.57. The molecule has 3 unspecified atom stereocenters. The topological polar surface area (TPSA) is 87.7 Å². The number of nitrogens with zero attached hydrogens (tertiary/aromatic N) is 1. The summed E-state index contributed by atoms with van der Waals surface area (Å²) < 4.78 is 0. The van der Waals surface area contributed by atoms with E-state index < -0.39 is 5.41 Å². The molecule has 0 aliphatic heterocycles. The van der Waals surface area contributed by atoms with E-state index in [1.165, 1.54) is 0 Å². The summed E-state index contributed by atoms with van der Waals surface area (Å²) in [5, 5.41) is 15.1. The molecule has 0 aromatic rings. The van der Waals surface area contributed by atoms with E-state index in [0.717, 1.165) is 12.8 Å². The normalized spacial score (nSPS) is 42.8. The molecule has 0 aromatic carbocycles. The van der Waals surface area contributed by atoms with Crippen LogP contribution in [0.15, 0.2) is 5.16 Å². The van der Waals surface area contributed by atoms with Crippen LogP contribution in [0.1, 0.15) is 46.5 Å². The number of hydrogen-bond acceptors (Lipinski definition) is 3. The van der Waals surface area contributed by atoms with Crippen LogP contribution in [-0.4, -0.2) is 23.0 Å². The first-order valence-electron chi connectivity index (χ1n) is 7.19.